The summed E-state index contributed by atoms with van der Waals surface area (Å²) in [5.41, 5.74) is 0.201. The fraction of sp³-hybridized carbons (Fsp3) is 0.417. The van der Waals surface area contributed by atoms with Crippen molar-refractivity contribution in [3.8, 4) is 5.75 Å². The van der Waals surface area contributed by atoms with Crippen molar-refractivity contribution < 1.29 is 14.6 Å². The van der Waals surface area contributed by atoms with Crippen LogP contribution in [-0.2, 0) is 4.79 Å². The first kappa shape index (κ1) is 12.7. The predicted molar refractivity (Wildman–Crippen MR) is 61.1 cm³/mol. The maximum absolute atomic E-state index is 11.7. The molecule has 4 heteroatoms. The van der Waals surface area contributed by atoms with Crippen LogP contribution in [0, 0.1) is 6.92 Å². The number of carbonyl (C=O) groups excluding carboxylic acids is 1. The summed E-state index contributed by atoms with van der Waals surface area (Å²) in [5, 5.41) is 11.4. The van der Waals surface area contributed by atoms with Gasteiger partial charge in [-0.2, -0.15) is 0 Å². The molecule has 0 heterocycles. The van der Waals surface area contributed by atoms with Crippen LogP contribution in [0.3, 0.4) is 0 Å². The van der Waals surface area contributed by atoms with Gasteiger partial charge < -0.3 is 9.84 Å². The first-order chi connectivity index (χ1) is 7.45. The summed E-state index contributed by atoms with van der Waals surface area (Å²) in [6.45, 7) is 5.00. The topological polar surface area (TPSA) is 58.6 Å². The minimum Gasteiger partial charge on any atom is -0.425 e. The van der Waals surface area contributed by atoms with Gasteiger partial charge in [-0.15, -0.1) is 0 Å². The molecule has 1 aromatic rings. The summed E-state index contributed by atoms with van der Waals surface area (Å²) in [6.07, 6.45) is 0. The van der Waals surface area contributed by atoms with Gasteiger partial charge in [0.1, 0.15) is 11.3 Å². The summed E-state index contributed by atoms with van der Waals surface area (Å²) in [4.78, 5) is 11.7. The van der Waals surface area contributed by atoms with Crippen LogP contribution >= 0.6 is 0 Å². The molecular weight excluding hydrogens is 206 g/mol. The number of aliphatic hydroxyl groups is 1. The Morgan fingerprint density at radius 2 is 1.94 bits per heavy atom. The molecule has 0 aliphatic carbocycles. The summed E-state index contributed by atoms with van der Waals surface area (Å²) in [5.74, 6) is 0.0776. The molecular formula is C12H17NO3. The highest BCUT2D eigenvalue weighted by atomic mass is 16.5. The monoisotopic (exact) mass is 223 g/mol. The summed E-state index contributed by atoms with van der Waals surface area (Å²) < 4.78 is 5.17. The van der Waals surface area contributed by atoms with Crippen molar-refractivity contribution in [3.63, 3.8) is 0 Å². The van der Waals surface area contributed by atoms with Crippen LogP contribution in [0.15, 0.2) is 24.3 Å². The van der Waals surface area contributed by atoms with Crippen LogP contribution in [0.4, 0.5) is 0 Å². The van der Waals surface area contributed by atoms with Crippen LogP contribution in [0.5, 0.6) is 5.75 Å². The van der Waals surface area contributed by atoms with E-state index in [9.17, 15) is 4.79 Å². The van der Waals surface area contributed by atoms with Crippen molar-refractivity contribution in [1.29, 1.82) is 0 Å². The average Bonchev–Trinajstić information content (AvgIpc) is 2.21. The molecule has 16 heavy (non-hydrogen) atoms. The van der Waals surface area contributed by atoms with E-state index < -0.39 is 11.5 Å². The Bertz CT molecular complexity index is 357. The predicted octanol–water partition coefficient (Wildman–Crippen LogP) is 1.22. The molecule has 0 fully saturated rings. The van der Waals surface area contributed by atoms with Crippen molar-refractivity contribution in [2.45, 2.75) is 26.3 Å². The highest BCUT2D eigenvalue weighted by molar-refractivity contribution is 5.81. The normalized spacial score (nSPS) is 11.2. The quantitative estimate of drug-likeness (QED) is 0.458. The van der Waals surface area contributed by atoms with Gasteiger partial charge in [-0.25, -0.2) is 4.79 Å². The second-order valence-corrected chi connectivity index (χ2v) is 4.16. The van der Waals surface area contributed by atoms with Crippen molar-refractivity contribution >= 4 is 5.97 Å². The Hall–Kier alpha value is -1.39. The molecule has 0 unspecified atom stereocenters. The maximum Gasteiger partial charge on any atom is 0.331 e. The number of hydrogen-bond donors (Lipinski definition) is 2. The van der Waals surface area contributed by atoms with Gasteiger partial charge in [-0.05, 0) is 32.9 Å². The second kappa shape index (κ2) is 5.09. The van der Waals surface area contributed by atoms with E-state index in [4.69, 9.17) is 9.84 Å². The lowest BCUT2D eigenvalue weighted by Gasteiger charge is -2.22. The van der Waals surface area contributed by atoms with Crippen molar-refractivity contribution in [2.24, 2.45) is 0 Å². The molecule has 0 bridgehead atoms. The minimum absolute atomic E-state index is 0.268. The Morgan fingerprint density at radius 1 is 1.38 bits per heavy atom. The van der Waals surface area contributed by atoms with E-state index in [0.29, 0.717) is 5.75 Å². The van der Waals surface area contributed by atoms with E-state index in [1.54, 1.807) is 26.0 Å². The van der Waals surface area contributed by atoms with E-state index in [1.807, 2.05) is 19.1 Å². The van der Waals surface area contributed by atoms with E-state index in [0.717, 1.165) is 5.56 Å². The van der Waals surface area contributed by atoms with E-state index in [1.165, 1.54) is 0 Å². The molecule has 0 atom stereocenters. The minimum atomic E-state index is -0.903. The van der Waals surface area contributed by atoms with E-state index >= 15 is 0 Å². The van der Waals surface area contributed by atoms with Gasteiger partial charge in [0.15, 0.2) is 0 Å². The van der Waals surface area contributed by atoms with Crippen LogP contribution in [0.1, 0.15) is 19.4 Å². The maximum atomic E-state index is 11.7. The molecule has 0 aliphatic rings. The third-order valence-electron chi connectivity index (χ3n) is 2.26. The fourth-order valence-electron chi connectivity index (χ4n) is 1.11. The van der Waals surface area contributed by atoms with E-state index in [-0.39, 0.29) is 6.73 Å². The highest BCUT2D eigenvalue weighted by Gasteiger charge is 2.28. The molecule has 88 valence electrons. The SMILES string of the molecule is Cc1ccc(OC(=O)C(C)(C)NCO)cc1. The largest absolute Gasteiger partial charge is 0.425 e. The zero-order chi connectivity index (χ0) is 12.2. The van der Waals surface area contributed by atoms with Gasteiger partial charge in [-0.3, -0.25) is 5.32 Å². The van der Waals surface area contributed by atoms with Crippen LogP contribution in [-0.4, -0.2) is 23.3 Å². The number of aliphatic hydroxyl groups excluding tert-OH is 1. The number of carbonyl (C=O) groups is 1. The summed E-state index contributed by atoms with van der Waals surface area (Å²) >= 11 is 0. The van der Waals surface area contributed by atoms with Gasteiger partial charge in [-0.1, -0.05) is 17.7 Å². The molecule has 0 saturated heterocycles. The highest BCUT2D eigenvalue weighted by Crippen LogP contribution is 2.14. The zero-order valence-corrected chi connectivity index (χ0v) is 9.78. The summed E-state index contributed by atoms with van der Waals surface area (Å²) in [7, 11) is 0. The van der Waals surface area contributed by atoms with E-state index in [2.05, 4.69) is 5.32 Å². The molecule has 0 aromatic heterocycles. The Balaban J connectivity index is 2.67. The number of rotatable bonds is 4. The first-order valence-corrected chi connectivity index (χ1v) is 5.10. The van der Waals surface area contributed by atoms with Gasteiger partial charge in [0.25, 0.3) is 0 Å². The number of nitrogens with one attached hydrogen (secondary N) is 1. The lowest BCUT2D eigenvalue weighted by molar-refractivity contribution is -0.141. The zero-order valence-electron chi connectivity index (χ0n) is 9.78. The van der Waals surface area contributed by atoms with Crippen LogP contribution in [0.25, 0.3) is 0 Å². The van der Waals surface area contributed by atoms with Gasteiger partial charge in [0.2, 0.25) is 0 Å². The standard InChI is InChI=1S/C12H17NO3/c1-9-4-6-10(7-5-9)16-11(15)12(2,3)13-8-14/h4-7,13-14H,8H2,1-3H3. The molecule has 4 nitrogen and oxygen atoms in total. The average molecular weight is 223 g/mol. The Labute approximate surface area is 95.2 Å². The third-order valence-corrected chi connectivity index (χ3v) is 2.26. The third kappa shape index (κ3) is 3.32. The molecule has 2 N–H and O–H groups in total. The lowest BCUT2D eigenvalue weighted by Crippen LogP contribution is -2.49. The molecule has 1 aromatic carbocycles. The molecule has 1 rings (SSSR count). The Morgan fingerprint density at radius 3 is 2.44 bits per heavy atom. The fourth-order valence-corrected chi connectivity index (χ4v) is 1.11. The van der Waals surface area contributed by atoms with Gasteiger partial charge >= 0.3 is 5.97 Å². The van der Waals surface area contributed by atoms with Crippen molar-refractivity contribution in [2.75, 3.05) is 6.73 Å². The second-order valence-electron chi connectivity index (χ2n) is 4.16. The van der Waals surface area contributed by atoms with Crippen molar-refractivity contribution in [1.82, 2.24) is 5.32 Å². The van der Waals surface area contributed by atoms with Gasteiger partial charge in [0.05, 0.1) is 6.73 Å². The molecule has 0 amide bonds. The van der Waals surface area contributed by atoms with Gasteiger partial charge in [0, 0.05) is 0 Å². The smallest absolute Gasteiger partial charge is 0.331 e. The number of esters is 1. The Kier molecular flexibility index (Phi) is 4.04. The van der Waals surface area contributed by atoms with Crippen molar-refractivity contribution in [3.05, 3.63) is 29.8 Å². The first-order valence-electron chi connectivity index (χ1n) is 5.10. The number of benzene rings is 1. The molecule has 0 spiro atoms. The lowest BCUT2D eigenvalue weighted by atomic mass is 10.1. The molecule has 0 radical (unpaired) electrons. The molecule has 0 aliphatic heterocycles. The number of ether oxygens (including phenoxy) is 1. The number of aryl methyl sites for hydroxylation is 1. The van der Waals surface area contributed by atoms with Crippen LogP contribution < -0.4 is 10.1 Å². The molecule has 0 saturated carbocycles. The summed E-state index contributed by atoms with van der Waals surface area (Å²) in [6, 6.07) is 7.22. The van der Waals surface area contributed by atoms with Crippen LogP contribution in [0.2, 0.25) is 0 Å². The number of hydrogen-bond acceptors (Lipinski definition) is 4.